The molecular weight excluding hydrogens is 223 g/mol. The van der Waals surface area contributed by atoms with Gasteiger partial charge in [-0.05, 0) is 0 Å². The molecule has 0 N–H and O–H groups in total. The second-order valence-corrected chi connectivity index (χ2v) is 9.29. The summed E-state index contributed by atoms with van der Waals surface area (Å²) in [4.78, 5) is 0. The average Bonchev–Trinajstić information content (AvgIpc) is 2.37. The van der Waals surface area contributed by atoms with Crippen LogP contribution in [0.4, 0.5) is 0 Å². The molecule has 0 heterocycles. The molecule has 0 amide bonds. The van der Waals surface area contributed by atoms with Gasteiger partial charge in [0.1, 0.15) is 0 Å². The van der Waals surface area contributed by atoms with E-state index in [1.807, 2.05) is 0 Å². The molecule has 0 unspecified atom stereocenters. The van der Waals surface area contributed by atoms with Crippen LogP contribution >= 0.6 is 7.26 Å². The normalized spacial score (nSPS) is 17.4. The molecule has 0 bridgehead atoms. The van der Waals surface area contributed by atoms with E-state index in [0.717, 1.165) is 0 Å². The maximum absolute atomic E-state index is 2.29. The van der Waals surface area contributed by atoms with Gasteiger partial charge in [-0.2, -0.15) is 0 Å². The Bertz CT molecular complexity index is 301. The molecule has 0 aromatic heterocycles. The molecule has 0 aliphatic rings. The van der Waals surface area contributed by atoms with E-state index in [0.29, 0.717) is 0 Å². The molecule has 0 saturated carbocycles. The monoisotopic (exact) mass is 252 g/mol. The predicted octanol–water partition coefficient (Wildman–Crippen LogP) is 6.43. The fourth-order valence-electron chi connectivity index (χ4n) is 2.73. The molecule has 0 atom stereocenters. The standard InChI is InChI=1S/C16H29P/c1-9-13(5)17(14(6)10-2,15(7)11-3)16(8)12-4/h9-12,17H,1-8H3. The van der Waals surface area contributed by atoms with E-state index < -0.39 is 7.26 Å². The Balaban J connectivity index is 6.31. The Morgan fingerprint density at radius 3 is 0.824 bits per heavy atom. The summed E-state index contributed by atoms with van der Waals surface area (Å²) < 4.78 is 0. The molecule has 98 valence electrons. The van der Waals surface area contributed by atoms with E-state index in [1.54, 1.807) is 21.3 Å². The fourth-order valence-corrected chi connectivity index (χ4v) is 8.20. The third kappa shape index (κ3) is 2.80. The second-order valence-electron chi connectivity index (χ2n) is 4.64. The molecule has 17 heavy (non-hydrogen) atoms. The van der Waals surface area contributed by atoms with Crippen LogP contribution in [-0.4, -0.2) is 0 Å². The summed E-state index contributed by atoms with van der Waals surface area (Å²) in [5.74, 6) is 0. The molecule has 0 saturated heterocycles. The van der Waals surface area contributed by atoms with E-state index >= 15 is 0 Å². The third-order valence-electron chi connectivity index (χ3n) is 4.10. The van der Waals surface area contributed by atoms with Crippen molar-refractivity contribution >= 4 is 7.26 Å². The third-order valence-corrected chi connectivity index (χ3v) is 9.98. The van der Waals surface area contributed by atoms with Crippen molar-refractivity contribution in [3.8, 4) is 0 Å². The summed E-state index contributed by atoms with van der Waals surface area (Å²) in [6, 6.07) is 0. The van der Waals surface area contributed by atoms with Crippen molar-refractivity contribution in [3.05, 3.63) is 45.6 Å². The summed E-state index contributed by atoms with van der Waals surface area (Å²) >= 11 is 0. The number of rotatable bonds is 4. The fraction of sp³-hybridized carbons (Fsp3) is 0.500. The van der Waals surface area contributed by atoms with Crippen molar-refractivity contribution in [2.75, 3.05) is 0 Å². The number of hydrogen-bond donors (Lipinski definition) is 0. The minimum atomic E-state index is -1.76. The molecular formula is C16H29P. The van der Waals surface area contributed by atoms with Crippen molar-refractivity contribution in [3.63, 3.8) is 0 Å². The van der Waals surface area contributed by atoms with Crippen LogP contribution in [0.15, 0.2) is 45.6 Å². The van der Waals surface area contributed by atoms with Gasteiger partial charge in [-0.1, -0.05) is 0 Å². The topological polar surface area (TPSA) is 0 Å². The van der Waals surface area contributed by atoms with Crippen LogP contribution < -0.4 is 0 Å². The summed E-state index contributed by atoms with van der Waals surface area (Å²) in [6.07, 6.45) is 9.16. The zero-order valence-corrected chi connectivity index (χ0v) is 13.8. The zero-order chi connectivity index (χ0) is 13.6. The van der Waals surface area contributed by atoms with Crippen LogP contribution in [0.3, 0.4) is 0 Å². The Kier molecular flexibility index (Phi) is 6.72. The van der Waals surface area contributed by atoms with Crippen LogP contribution in [-0.2, 0) is 0 Å². The summed E-state index contributed by atoms with van der Waals surface area (Å²) in [5.41, 5.74) is 0. The van der Waals surface area contributed by atoms with Gasteiger partial charge in [0, 0.05) is 0 Å². The van der Waals surface area contributed by atoms with E-state index in [-0.39, 0.29) is 0 Å². The summed E-state index contributed by atoms with van der Waals surface area (Å²) in [5, 5.41) is 6.16. The molecule has 0 spiro atoms. The van der Waals surface area contributed by atoms with Gasteiger partial charge in [0.15, 0.2) is 0 Å². The van der Waals surface area contributed by atoms with Gasteiger partial charge in [0.25, 0.3) is 0 Å². The second kappa shape index (κ2) is 6.97. The van der Waals surface area contributed by atoms with Crippen molar-refractivity contribution in [2.45, 2.75) is 55.4 Å². The van der Waals surface area contributed by atoms with Gasteiger partial charge < -0.3 is 0 Å². The molecule has 0 aliphatic carbocycles. The number of hydrogen-bond acceptors (Lipinski definition) is 0. The van der Waals surface area contributed by atoms with E-state index in [2.05, 4.69) is 79.7 Å². The first-order valence-corrected chi connectivity index (χ1v) is 8.46. The van der Waals surface area contributed by atoms with Crippen LogP contribution in [0.2, 0.25) is 0 Å². The molecule has 0 radical (unpaired) electrons. The molecule has 0 aromatic carbocycles. The van der Waals surface area contributed by atoms with Crippen molar-refractivity contribution in [1.82, 2.24) is 0 Å². The van der Waals surface area contributed by atoms with E-state index in [4.69, 9.17) is 0 Å². The Morgan fingerprint density at radius 2 is 0.706 bits per heavy atom. The van der Waals surface area contributed by atoms with Crippen LogP contribution in [0.25, 0.3) is 0 Å². The number of allylic oxidation sites excluding steroid dienone is 8. The first-order chi connectivity index (χ1) is 7.93. The first-order valence-electron chi connectivity index (χ1n) is 6.46. The van der Waals surface area contributed by atoms with Gasteiger partial charge in [-0.15, -0.1) is 0 Å². The molecule has 1 heteroatoms. The van der Waals surface area contributed by atoms with Gasteiger partial charge in [0.2, 0.25) is 0 Å². The quantitative estimate of drug-likeness (QED) is 0.506. The first kappa shape index (κ1) is 16.4. The van der Waals surface area contributed by atoms with E-state index in [9.17, 15) is 0 Å². The van der Waals surface area contributed by atoms with Crippen molar-refractivity contribution < 1.29 is 0 Å². The van der Waals surface area contributed by atoms with Gasteiger partial charge >= 0.3 is 108 Å². The predicted molar refractivity (Wildman–Crippen MR) is 86.0 cm³/mol. The summed E-state index contributed by atoms with van der Waals surface area (Å²) in [7, 11) is -1.76. The molecule has 0 aromatic rings. The van der Waals surface area contributed by atoms with Crippen molar-refractivity contribution in [1.29, 1.82) is 0 Å². The van der Waals surface area contributed by atoms with Crippen molar-refractivity contribution in [2.24, 2.45) is 0 Å². The SMILES string of the molecule is CC=C(C)[PH](C(C)=CC)(C(C)=CC)C(C)=CC. The molecule has 0 rings (SSSR count). The van der Waals surface area contributed by atoms with Crippen LogP contribution in [0, 0.1) is 0 Å². The summed E-state index contributed by atoms with van der Waals surface area (Å²) in [6.45, 7) is 17.8. The van der Waals surface area contributed by atoms with Gasteiger partial charge in [0.05, 0.1) is 0 Å². The van der Waals surface area contributed by atoms with Gasteiger partial charge in [-0.3, -0.25) is 0 Å². The Hall–Kier alpha value is -0.610. The molecule has 0 aliphatic heterocycles. The van der Waals surface area contributed by atoms with Crippen LogP contribution in [0.1, 0.15) is 55.4 Å². The average molecular weight is 252 g/mol. The Morgan fingerprint density at radius 1 is 0.529 bits per heavy atom. The van der Waals surface area contributed by atoms with E-state index in [1.165, 1.54) is 0 Å². The minimum absolute atomic E-state index is 1.54. The Labute approximate surface area is 109 Å². The zero-order valence-electron chi connectivity index (χ0n) is 12.8. The molecule has 0 fully saturated rings. The molecule has 0 nitrogen and oxygen atoms in total. The van der Waals surface area contributed by atoms with Crippen LogP contribution in [0.5, 0.6) is 0 Å². The maximum atomic E-state index is 2.29. The van der Waals surface area contributed by atoms with Gasteiger partial charge in [-0.25, -0.2) is 0 Å².